The van der Waals surface area contributed by atoms with Gasteiger partial charge in [-0.15, -0.1) is 0 Å². The molecule has 0 amide bonds. The highest BCUT2D eigenvalue weighted by molar-refractivity contribution is 5.75. The molecule has 0 aromatic rings. The van der Waals surface area contributed by atoms with E-state index in [1.54, 1.807) is 0 Å². The molecule has 0 fully saturated rings. The molecule has 7 N–H and O–H groups in total. The van der Waals surface area contributed by atoms with Crippen LogP contribution in [0.4, 0.5) is 0 Å². The fourth-order valence-corrected chi connectivity index (χ4v) is 0.445. The lowest BCUT2D eigenvalue weighted by atomic mass is 10.4. The normalized spacial score (nSPS) is 19.6. The number of hydrogen-bond donors (Lipinski definition) is 4. The van der Waals surface area contributed by atoms with E-state index >= 15 is 0 Å². The van der Waals surface area contributed by atoms with Crippen molar-refractivity contribution in [1.29, 1.82) is 0 Å². The first-order valence-corrected chi connectivity index (χ1v) is 3.20. The number of guanidine groups is 1. The molecular formula is C6H14N4O2. The van der Waals surface area contributed by atoms with Gasteiger partial charge in [0.05, 0.1) is 4.11 Å². The summed E-state index contributed by atoms with van der Waals surface area (Å²) in [6, 6.07) is -2.23. The average molecular weight is 179 g/mol. The Morgan fingerprint density at radius 3 is 2.75 bits per heavy atom. The Kier molecular flexibility index (Phi) is 2.79. The van der Waals surface area contributed by atoms with Gasteiger partial charge in [-0.2, -0.15) is 0 Å². The van der Waals surface area contributed by atoms with Gasteiger partial charge >= 0.3 is 5.97 Å². The van der Waals surface area contributed by atoms with Gasteiger partial charge in [-0.1, -0.05) is 0 Å². The number of nitrogens with two attached hydrogens (primary N) is 3. The van der Waals surface area contributed by atoms with Crippen LogP contribution in [0.1, 0.15) is 17.0 Å². The van der Waals surface area contributed by atoms with Gasteiger partial charge in [-0.3, -0.25) is 9.79 Å². The molecule has 1 atom stereocenters. The zero-order valence-corrected chi connectivity index (χ0v) is 6.45. The summed E-state index contributed by atoms with van der Waals surface area (Å²) < 4.78 is 21.7. The third-order valence-electron chi connectivity index (χ3n) is 0.989. The summed E-state index contributed by atoms with van der Waals surface area (Å²) in [6.07, 6.45) is -0.747. The summed E-state index contributed by atoms with van der Waals surface area (Å²) >= 11 is 0. The minimum Gasteiger partial charge on any atom is -0.480 e. The molecule has 0 rings (SSSR count). The molecule has 0 spiro atoms. The Morgan fingerprint density at radius 2 is 2.33 bits per heavy atom. The Labute approximate surface area is 74.6 Å². The maximum absolute atomic E-state index is 10.4. The van der Waals surface area contributed by atoms with Crippen LogP contribution in [-0.2, 0) is 4.79 Å². The van der Waals surface area contributed by atoms with Gasteiger partial charge in [0, 0.05) is 6.50 Å². The maximum Gasteiger partial charge on any atom is 0.320 e. The third-order valence-corrected chi connectivity index (χ3v) is 0.989. The van der Waals surface area contributed by atoms with Gasteiger partial charge in [0.2, 0.25) is 0 Å². The number of aliphatic imine (C=N–C) groups is 1. The van der Waals surface area contributed by atoms with Crippen LogP contribution in [-0.4, -0.2) is 29.6 Å². The highest BCUT2D eigenvalue weighted by Crippen LogP contribution is 1.94. The molecular weight excluding hydrogens is 162 g/mol. The lowest BCUT2D eigenvalue weighted by Crippen LogP contribution is -2.30. The molecule has 0 aliphatic rings. The standard InChI is InChI=1S/C6H14N4O2/c7-4(5(11)12)2-1-3-10-6(8)9/h4H,1-3,7H2,(H,11,12)(H4,8,9,10)/i3+1D2,4+1D. The summed E-state index contributed by atoms with van der Waals surface area (Å²) in [5.41, 5.74) is 15.0. The Morgan fingerprint density at radius 1 is 1.75 bits per heavy atom. The summed E-state index contributed by atoms with van der Waals surface area (Å²) in [4.78, 5) is 13.7. The molecule has 70 valence electrons. The molecule has 1 unspecified atom stereocenters. The van der Waals surface area contributed by atoms with Crippen LogP contribution < -0.4 is 17.2 Å². The highest BCUT2D eigenvalue weighted by atomic mass is 16.4. The summed E-state index contributed by atoms with van der Waals surface area (Å²) in [5.74, 6) is -1.97. The van der Waals surface area contributed by atoms with Crippen LogP contribution in [0.15, 0.2) is 4.99 Å². The molecule has 0 radical (unpaired) electrons. The van der Waals surface area contributed by atoms with Crippen LogP contribution in [0.25, 0.3) is 0 Å². The molecule has 6 nitrogen and oxygen atoms in total. The molecule has 0 aromatic carbocycles. The maximum atomic E-state index is 10.4. The number of rotatable bonds is 5. The largest absolute Gasteiger partial charge is 0.480 e. The van der Waals surface area contributed by atoms with E-state index in [1.807, 2.05) is 0 Å². The SMILES string of the molecule is [2H][13C]([2H])(CC[13C]([2H])(N)C(=O)O)N=C(N)N. The van der Waals surface area contributed by atoms with E-state index in [-0.39, 0.29) is 6.42 Å². The number of nitrogens with zero attached hydrogens (tertiary/aromatic N) is 1. The van der Waals surface area contributed by atoms with Crippen LogP contribution in [0.3, 0.4) is 0 Å². The Balaban J connectivity index is 4.39. The fourth-order valence-electron chi connectivity index (χ4n) is 0.445. The monoisotopic (exact) mass is 179 g/mol. The van der Waals surface area contributed by atoms with E-state index in [2.05, 4.69) is 4.99 Å². The first-order valence-electron chi connectivity index (χ1n) is 4.70. The average Bonchev–Trinajstić information content (AvgIpc) is 1.98. The highest BCUT2D eigenvalue weighted by Gasteiger charge is 2.09. The molecule has 0 saturated heterocycles. The number of aliphatic carboxylic acids is 1. The predicted octanol–water partition coefficient (Wildman–Crippen LogP) is -1.55. The molecule has 0 bridgehead atoms. The molecule has 12 heavy (non-hydrogen) atoms. The van der Waals surface area contributed by atoms with Crippen molar-refractivity contribution in [2.45, 2.75) is 18.9 Å². The molecule has 0 aromatic heterocycles. The topological polar surface area (TPSA) is 128 Å². The molecule has 0 aliphatic carbocycles. The van der Waals surface area contributed by atoms with Crippen molar-refractivity contribution in [3.05, 3.63) is 0 Å². The predicted molar refractivity (Wildman–Crippen MR) is 45.5 cm³/mol. The molecule has 6 heteroatoms. The van der Waals surface area contributed by atoms with Crippen molar-refractivity contribution >= 4 is 11.9 Å². The van der Waals surface area contributed by atoms with E-state index in [1.165, 1.54) is 0 Å². The van der Waals surface area contributed by atoms with Gasteiger partial charge in [0.1, 0.15) is 6.02 Å². The summed E-state index contributed by atoms with van der Waals surface area (Å²) in [5, 5.41) is 8.50. The second kappa shape index (κ2) is 5.36. The van der Waals surface area contributed by atoms with Crippen molar-refractivity contribution in [2.24, 2.45) is 22.2 Å². The number of carboxylic acid groups (broad SMARTS) is 1. The van der Waals surface area contributed by atoms with Crippen LogP contribution in [0.5, 0.6) is 0 Å². The Hall–Kier alpha value is -1.30. The molecule has 0 saturated carbocycles. The van der Waals surface area contributed by atoms with E-state index in [9.17, 15) is 4.79 Å². The minimum absolute atomic E-state index is 0.350. The summed E-state index contributed by atoms with van der Waals surface area (Å²) in [7, 11) is 0. The van der Waals surface area contributed by atoms with Crippen LogP contribution in [0, 0.1) is 0 Å². The fraction of sp³-hybridized carbons (Fsp3) is 0.667. The van der Waals surface area contributed by atoms with Gasteiger partial charge in [-0.25, -0.2) is 0 Å². The van der Waals surface area contributed by atoms with E-state index in [0.29, 0.717) is 0 Å². The number of carbonyl (C=O) groups is 1. The first-order chi connectivity index (χ1) is 6.57. The van der Waals surface area contributed by atoms with Crippen LogP contribution >= 0.6 is 0 Å². The Bertz CT molecular complexity index is 276. The zero-order valence-electron chi connectivity index (χ0n) is 9.45. The smallest absolute Gasteiger partial charge is 0.320 e. The molecule has 0 heterocycles. The van der Waals surface area contributed by atoms with E-state index in [0.717, 1.165) is 0 Å². The van der Waals surface area contributed by atoms with E-state index < -0.39 is 30.9 Å². The lowest BCUT2D eigenvalue weighted by molar-refractivity contribution is -0.138. The van der Waals surface area contributed by atoms with Crippen molar-refractivity contribution in [3.8, 4) is 0 Å². The molecule has 0 aliphatic heterocycles. The third kappa shape index (κ3) is 5.48. The zero-order chi connectivity index (χ0) is 12.3. The van der Waals surface area contributed by atoms with Crippen LogP contribution in [0.2, 0.25) is 0 Å². The van der Waals surface area contributed by atoms with Crippen molar-refractivity contribution in [3.63, 3.8) is 0 Å². The van der Waals surface area contributed by atoms with Gasteiger partial charge < -0.3 is 22.3 Å². The second-order valence-electron chi connectivity index (χ2n) is 2.03. The second-order valence-corrected chi connectivity index (χ2v) is 2.03. The van der Waals surface area contributed by atoms with Gasteiger partial charge in [0.15, 0.2) is 5.96 Å². The quantitative estimate of drug-likeness (QED) is 0.231. The van der Waals surface area contributed by atoms with Gasteiger partial charge in [-0.05, 0) is 12.8 Å². The van der Waals surface area contributed by atoms with E-state index in [4.69, 9.17) is 26.4 Å². The number of hydrogen-bond acceptors (Lipinski definition) is 3. The van der Waals surface area contributed by atoms with Crippen molar-refractivity contribution < 1.29 is 14.0 Å². The first kappa shape index (κ1) is 6.24. The lowest BCUT2D eigenvalue weighted by Gasteiger charge is -2.03. The summed E-state index contributed by atoms with van der Waals surface area (Å²) in [6.45, 7) is -2.11. The van der Waals surface area contributed by atoms with Crippen molar-refractivity contribution in [1.82, 2.24) is 0 Å². The van der Waals surface area contributed by atoms with Crippen molar-refractivity contribution in [2.75, 3.05) is 6.50 Å². The van der Waals surface area contributed by atoms with Gasteiger partial charge in [0.25, 0.3) is 0 Å². The minimum atomic E-state index is -2.23. The number of carboxylic acids is 1.